The summed E-state index contributed by atoms with van der Waals surface area (Å²) in [5, 5.41) is 0. The first-order valence-corrected chi connectivity index (χ1v) is 5.23. The van der Waals surface area contributed by atoms with Crippen LogP contribution in [0.5, 0.6) is 0 Å². The predicted molar refractivity (Wildman–Crippen MR) is 56.7 cm³/mol. The highest BCUT2D eigenvalue weighted by atomic mass is 16.5. The van der Waals surface area contributed by atoms with E-state index in [1.807, 2.05) is 0 Å². The summed E-state index contributed by atoms with van der Waals surface area (Å²) in [7, 11) is 0. The van der Waals surface area contributed by atoms with Gasteiger partial charge in [0.2, 0.25) is 0 Å². The van der Waals surface area contributed by atoms with E-state index in [9.17, 15) is 0 Å². The largest absolute Gasteiger partial charge is 0.370 e. The lowest BCUT2D eigenvalue weighted by atomic mass is 9.86. The van der Waals surface area contributed by atoms with Gasteiger partial charge in [0.05, 0.1) is 12.2 Å². The Hall–Kier alpha value is -0.300. The molecule has 0 radical (unpaired) electrons. The zero-order valence-electron chi connectivity index (χ0n) is 9.50. The van der Waals surface area contributed by atoms with Crippen molar-refractivity contribution >= 4 is 0 Å². The molecule has 2 unspecified atom stereocenters. The Kier molecular flexibility index (Phi) is 3.18. The molecule has 0 fully saturated rings. The fourth-order valence-electron chi connectivity index (χ4n) is 1.55. The summed E-state index contributed by atoms with van der Waals surface area (Å²) < 4.78 is 6.03. The number of hydrogen-bond donors (Lipinski definition) is 0. The van der Waals surface area contributed by atoms with E-state index in [4.69, 9.17) is 4.74 Å². The minimum Gasteiger partial charge on any atom is -0.370 e. The van der Waals surface area contributed by atoms with Crippen molar-refractivity contribution in [3.05, 3.63) is 12.2 Å². The van der Waals surface area contributed by atoms with Gasteiger partial charge in [-0.2, -0.15) is 0 Å². The van der Waals surface area contributed by atoms with E-state index >= 15 is 0 Å². The van der Waals surface area contributed by atoms with E-state index < -0.39 is 0 Å². The summed E-state index contributed by atoms with van der Waals surface area (Å²) in [6.07, 6.45) is 6.25. The van der Waals surface area contributed by atoms with Crippen molar-refractivity contribution in [1.29, 1.82) is 0 Å². The van der Waals surface area contributed by atoms with Gasteiger partial charge in [0.15, 0.2) is 0 Å². The Morgan fingerprint density at radius 3 is 2.38 bits per heavy atom. The Morgan fingerprint density at radius 1 is 1.31 bits per heavy atom. The predicted octanol–water partition coefficient (Wildman–Crippen LogP) is 3.40. The summed E-state index contributed by atoms with van der Waals surface area (Å²) in [5.74, 6) is 0.620. The van der Waals surface area contributed by atoms with E-state index in [1.165, 1.54) is 0 Å². The second kappa shape index (κ2) is 3.83. The topological polar surface area (TPSA) is 9.23 Å². The lowest BCUT2D eigenvalue weighted by Gasteiger charge is -2.36. The molecule has 2 atom stereocenters. The van der Waals surface area contributed by atoms with Crippen LogP contribution in [0.15, 0.2) is 12.2 Å². The summed E-state index contributed by atoms with van der Waals surface area (Å²) >= 11 is 0. The Morgan fingerprint density at radius 2 is 1.92 bits per heavy atom. The maximum Gasteiger partial charge on any atom is 0.0808 e. The molecule has 0 spiro atoms. The molecule has 76 valence electrons. The lowest BCUT2D eigenvalue weighted by molar-refractivity contribution is -0.0643. The molecule has 1 aliphatic heterocycles. The van der Waals surface area contributed by atoms with Crippen molar-refractivity contribution in [3.63, 3.8) is 0 Å². The molecule has 0 aliphatic carbocycles. The first-order valence-electron chi connectivity index (χ1n) is 5.23. The maximum absolute atomic E-state index is 6.03. The average molecular weight is 182 g/mol. The van der Waals surface area contributed by atoms with Crippen LogP contribution in [-0.4, -0.2) is 12.2 Å². The molecule has 0 aromatic rings. The van der Waals surface area contributed by atoms with Gasteiger partial charge in [0, 0.05) is 0 Å². The molecule has 0 aromatic carbocycles. The number of rotatable bonds is 1. The third-order valence-corrected chi connectivity index (χ3v) is 2.60. The normalized spacial score (nSPS) is 29.7. The first kappa shape index (κ1) is 10.8. The minimum atomic E-state index is 0.226. The fraction of sp³-hybridized carbons (Fsp3) is 0.833. The molecule has 0 bridgehead atoms. The molecule has 1 heterocycles. The zero-order valence-corrected chi connectivity index (χ0v) is 9.50. The smallest absolute Gasteiger partial charge is 0.0808 e. The van der Waals surface area contributed by atoms with Crippen molar-refractivity contribution in [3.8, 4) is 0 Å². The van der Waals surface area contributed by atoms with Gasteiger partial charge in [-0.3, -0.25) is 0 Å². The SMILES string of the molecule is CC(C)C1CC=CC(C(C)(C)C)O1. The van der Waals surface area contributed by atoms with E-state index in [-0.39, 0.29) is 11.5 Å². The lowest BCUT2D eigenvalue weighted by Crippen LogP contribution is -2.36. The number of hydrogen-bond acceptors (Lipinski definition) is 1. The number of ether oxygens (including phenoxy) is 1. The maximum atomic E-state index is 6.03. The quantitative estimate of drug-likeness (QED) is 0.565. The second-order valence-corrected chi connectivity index (χ2v) is 5.37. The van der Waals surface area contributed by atoms with Crippen LogP contribution in [0.25, 0.3) is 0 Å². The van der Waals surface area contributed by atoms with Gasteiger partial charge in [0.1, 0.15) is 0 Å². The third kappa shape index (κ3) is 2.84. The van der Waals surface area contributed by atoms with E-state index in [2.05, 4.69) is 46.8 Å². The second-order valence-electron chi connectivity index (χ2n) is 5.37. The fourth-order valence-corrected chi connectivity index (χ4v) is 1.55. The zero-order chi connectivity index (χ0) is 10.1. The molecular weight excluding hydrogens is 160 g/mol. The molecule has 1 aliphatic rings. The highest BCUT2D eigenvalue weighted by Gasteiger charge is 2.29. The van der Waals surface area contributed by atoms with Crippen LogP contribution in [-0.2, 0) is 4.74 Å². The molecular formula is C12H22O. The van der Waals surface area contributed by atoms with Crippen molar-refractivity contribution in [2.24, 2.45) is 11.3 Å². The van der Waals surface area contributed by atoms with E-state index in [0.717, 1.165) is 6.42 Å². The van der Waals surface area contributed by atoms with Gasteiger partial charge >= 0.3 is 0 Å². The van der Waals surface area contributed by atoms with Gasteiger partial charge in [-0.1, -0.05) is 46.8 Å². The molecule has 0 saturated carbocycles. The summed E-state index contributed by atoms with van der Waals surface area (Å²) in [5.41, 5.74) is 0.226. The first-order chi connectivity index (χ1) is 5.91. The van der Waals surface area contributed by atoms with E-state index in [1.54, 1.807) is 0 Å². The van der Waals surface area contributed by atoms with Gasteiger partial charge < -0.3 is 4.74 Å². The van der Waals surface area contributed by atoms with Gasteiger partial charge in [-0.05, 0) is 17.8 Å². The van der Waals surface area contributed by atoms with Gasteiger partial charge in [-0.15, -0.1) is 0 Å². The third-order valence-electron chi connectivity index (χ3n) is 2.60. The van der Waals surface area contributed by atoms with Crippen LogP contribution in [0.1, 0.15) is 41.0 Å². The van der Waals surface area contributed by atoms with Crippen LogP contribution in [0.3, 0.4) is 0 Å². The van der Waals surface area contributed by atoms with Crippen molar-refractivity contribution in [1.82, 2.24) is 0 Å². The average Bonchev–Trinajstić information content (AvgIpc) is 2.03. The van der Waals surface area contributed by atoms with Crippen molar-refractivity contribution in [2.75, 3.05) is 0 Å². The Bertz CT molecular complexity index is 186. The molecule has 1 heteroatoms. The monoisotopic (exact) mass is 182 g/mol. The molecule has 0 saturated heterocycles. The van der Waals surface area contributed by atoms with Crippen LogP contribution in [0.4, 0.5) is 0 Å². The van der Waals surface area contributed by atoms with Gasteiger partial charge in [-0.25, -0.2) is 0 Å². The van der Waals surface area contributed by atoms with Crippen LogP contribution in [0, 0.1) is 11.3 Å². The minimum absolute atomic E-state index is 0.226. The van der Waals surface area contributed by atoms with Crippen molar-refractivity contribution in [2.45, 2.75) is 53.2 Å². The highest BCUT2D eigenvalue weighted by Crippen LogP contribution is 2.30. The van der Waals surface area contributed by atoms with Crippen LogP contribution in [0.2, 0.25) is 0 Å². The highest BCUT2D eigenvalue weighted by molar-refractivity contribution is 5.01. The Labute approximate surface area is 82.2 Å². The summed E-state index contributed by atoms with van der Waals surface area (Å²) in [6, 6.07) is 0. The van der Waals surface area contributed by atoms with Crippen LogP contribution < -0.4 is 0 Å². The van der Waals surface area contributed by atoms with Gasteiger partial charge in [0.25, 0.3) is 0 Å². The molecule has 0 aromatic heterocycles. The molecule has 1 nitrogen and oxygen atoms in total. The summed E-state index contributed by atoms with van der Waals surface area (Å²) in [4.78, 5) is 0. The molecule has 0 amide bonds. The summed E-state index contributed by atoms with van der Waals surface area (Å²) in [6.45, 7) is 11.1. The molecule has 0 N–H and O–H groups in total. The van der Waals surface area contributed by atoms with Crippen molar-refractivity contribution < 1.29 is 4.74 Å². The molecule has 13 heavy (non-hydrogen) atoms. The van der Waals surface area contributed by atoms with E-state index in [0.29, 0.717) is 12.0 Å². The standard InChI is InChI=1S/C12H22O/c1-9(2)10-7-6-8-11(13-10)12(3,4)5/h6,8-11H,7H2,1-5H3. The molecule has 1 rings (SSSR count). The van der Waals surface area contributed by atoms with Crippen LogP contribution >= 0.6 is 0 Å². The Balaban J connectivity index is 2.62.